The number of amides is 1. The van der Waals surface area contributed by atoms with Crippen LogP contribution in [0.1, 0.15) is 40.4 Å². The molecule has 0 radical (unpaired) electrons. The maximum Gasteiger partial charge on any atom is 0.257 e. The van der Waals surface area contributed by atoms with Crippen molar-refractivity contribution in [3.8, 4) is 11.1 Å². The lowest BCUT2D eigenvalue weighted by Gasteiger charge is -2.33. The fourth-order valence-corrected chi connectivity index (χ4v) is 3.57. The van der Waals surface area contributed by atoms with Crippen LogP contribution in [0.4, 0.5) is 0 Å². The Bertz CT molecular complexity index is 888. The van der Waals surface area contributed by atoms with Crippen LogP contribution in [0.2, 0.25) is 0 Å². The first-order chi connectivity index (χ1) is 12.7. The Balaban J connectivity index is 1.61. The third-order valence-electron chi connectivity index (χ3n) is 4.97. The van der Waals surface area contributed by atoms with E-state index in [0.717, 1.165) is 36.2 Å². The standard InChI is InChI=1S/C21H21N3O2/c1-15-4-6-16(7-5-15)19-11-22-14-23-20(19)17-3-2-9-24(12-17)21(25)18-8-10-26-13-18/h4-8,10-11,13-14,17H,2-3,9,12H2,1H3/t17-/m1/s1. The van der Waals surface area contributed by atoms with E-state index < -0.39 is 0 Å². The molecule has 0 saturated carbocycles. The number of carbonyl (C=O) groups excluding carboxylic acids is 1. The van der Waals surface area contributed by atoms with E-state index in [1.165, 1.54) is 18.1 Å². The largest absolute Gasteiger partial charge is 0.472 e. The van der Waals surface area contributed by atoms with Gasteiger partial charge in [-0.3, -0.25) is 4.79 Å². The smallest absolute Gasteiger partial charge is 0.257 e. The van der Waals surface area contributed by atoms with Crippen LogP contribution in [0, 0.1) is 6.92 Å². The second-order valence-corrected chi connectivity index (χ2v) is 6.79. The van der Waals surface area contributed by atoms with E-state index in [9.17, 15) is 4.79 Å². The summed E-state index contributed by atoms with van der Waals surface area (Å²) in [4.78, 5) is 23.4. The summed E-state index contributed by atoms with van der Waals surface area (Å²) in [5.41, 5.74) is 5.02. The number of nitrogens with zero attached hydrogens (tertiary/aromatic N) is 3. The highest BCUT2D eigenvalue weighted by molar-refractivity contribution is 5.94. The van der Waals surface area contributed by atoms with Crippen LogP contribution in [0.3, 0.4) is 0 Å². The van der Waals surface area contributed by atoms with Gasteiger partial charge in [-0.2, -0.15) is 0 Å². The molecular formula is C21H21N3O2. The zero-order valence-electron chi connectivity index (χ0n) is 14.8. The summed E-state index contributed by atoms with van der Waals surface area (Å²) in [6.45, 7) is 3.51. The van der Waals surface area contributed by atoms with Crippen LogP contribution in [0.15, 0.2) is 59.8 Å². The topological polar surface area (TPSA) is 59.2 Å². The highest BCUT2D eigenvalue weighted by atomic mass is 16.3. The van der Waals surface area contributed by atoms with Gasteiger partial charge in [0.05, 0.1) is 17.5 Å². The number of piperidine rings is 1. The number of likely N-dealkylation sites (tertiary alicyclic amines) is 1. The van der Waals surface area contributed by atoms with Crippen molar-refractivity contribution >= 4 is 5.91 Å². The summed E-state index contributed by atoms with van der Waals surface area (Å²) in [6.07, 6.45) is 8.51. The van der Waals surface area contributed by atoms with Gasteiger partial charge in [0.15, 0.2) is 0 Å². The molecule has 5 heteroatoms. The number of benzene rings is 1. The van der Waals surface area contributed by atoms with Crippen LogP contribution in [-0.4, -0.2) is 33.9 Å². The molecular weight excluding hydrogens is 326 g/mol. The summed E-state index contributed by atoms with van der Waals surface area (Å²) in [6, 6.07) is 10.1. The van der Waals surface area contributed by atoms with Gasteiger partial charge in [0.1, 0.15) is 12.6 Å². The highest BCUT2D eigenvalue weighted by Crippen LogP contribution is 2.33. The van der Waals surface area contributed by atoms with Crippen molar-refractivity contribution in [3.63, 3.8) is 0 Å². The number of aryl methyl sites for hydroxylation is 1. The molecule has 1 saturated heterocycles. The Morgan fingerprint density at radius 1 is 1.23 bits per heavy atom. The van der Waals surface area contributed by atoms with Crippen molar-refractivity contribution in [2.24, 2.45) is 0 Å². The zero-order chi connectivity index (χ0) is 17.9. The van der Waals surface area contributed by atoms with Gasteiger partial charge in [0.25, 0.3) is 5.91 Å². The third kappa shape index (κ3) is 3.25. The molecule has 0 N–H and O–H groups in total. The maximum atomic E-state index is 12.7. The maximum absolute atomic E-state index is 12.7. The van der Waals surface area contributed by atoms with Crippen molar-refractivity contribution in [1.29, 1.82) is 0 Å². The Kier molecular flexibility index (Phi) is 4.52. The van der Waals surface area contributed by atoms with Gasteiger partial charge in [-0.05, 0) is 31.4 Å². The minimum absolute atomic E-state index is 0.0226. The molecule has 3 aromatic rings. The molecule has 2 aromatic heterocycles. The van der Waals surface area contributed by atoms with Gasteiger partial charge < -0.3 is 9.32 Å². The second-order valence-electron chi connectivity index (χ2n) is 6.79. The fraction of sp³-hybridized carbons (Fsp3) is 0.286. The molecule has 132 valence electrons. The molecule has 0 bridgehead atoms. The molecule has 1 aliphatic heterocycles. The number of hydrogen-bond acceptors (Lipinski definition) is 4. The number of rotatable bonds is 3. The molecule has 26 heavy (non-hydrogen) atoms. The van der Waals surface area contributed by atoms with Gasteiger partial charge in [-0.15, -0.1) is 0 Å². The molecule has 1 aliphatic rings. The van der Waals surface area contributed by atoms with Gasteiger partial charge in [0, 0.05) is 30.8 Å². The minimum atomic E-state index is 0.0226. The third-order valence-corrected chi connectivity index (χ3v) is 4.97. The molecule has 4 rings (SSSR count). The number of furan rings is 1. The first-order valence-electron chi connectivity index (χ1n) is 8.91. The first kappa shape index (κ1) is 16.5. The zero-order valence-corrected chi connectivity index (χ0v) is 14.8. The predicted octanol–water partition coefficient (Wildman–Crippen LogP) is 4.06. The van der Waals surface area contributed by atoms with Crippen LogP contribution in [0.5, 0.6) is 0 Å². The lowest BCUT2D eigenvalue weighted by Crippen LogP contribution is -2.39. The fourth-order valence-electron chi connectivity index (χ4n) is 3.57. The van der Waals surface area contributed by atoms with Gasteiger partial charge in [0.2, 0.25) is 0 Å². The predicted molar refractivity (Wildman–Crippen MR) is 98.8 cm³/mol. The highest BCUT2D eigenvalue weighted by Gasteiger charge is 2.28. The minimum Gasteiger partial charge on any atom is -0.472 e. The first-order valence-corrected chi connectivity index (χ1v) is 8.91. The summed E-state index contributed by atoms with van der Waals surface area (Å²) in [7, 11) is 0. The van der Waals surface area contributed by atoms with E-state index in [2.05, 4.69) is 41.2 Å². The van der Waals surface area contributed by atoms with E-state index in [-0.39, 0.29) is 11.8 Å². The van der Waals surface area contributed by atoms with Crippen LogP contribution >= 0.6 is 0 Å². The van der Waals surface area contributed by atoms with Gasteiger partial charge in [-0.1, -0.05) is 29.8 Å². The Hall–Kier alpha value is -2.95. The molecule has 0 aliphatic carbocycles. The summed E-state index contributed by atoms with van der Waals surface area (Å²) < 4.78 is 5.06. The van der Waals surface area contributed by atoms with E-state index in [1.807, 2.05) is 11.1 Å². The Labute approximate surface area is 152 Å². The quantitative estimate of drug-likeness (QED) is 0.717. The van der Waals surface area contributed by atoms with Crippen molar-refractivity contribution in [3.05, 3.63) is 72.2 Å². The van der Waals surface area contributed by atoms with Crippen molar-refractivity contribution < 1.29 is 9.21 Å². The SMILES string of the molecule is Cc1ccc(-c2cncnc2[C@@H]2CCCN(C(=O)c3ccoc3)C2)cc1. The molecule has 1 amide bonds. The monoisotopic (exact) mass is 347 g/mol. The van der Waals surface area contributed by atoms with Crippen LogP contribution < -0.4 is 0 Å². The molecule has 1 aromatic carbocycles. The molecule has 5 nitrogen and oxygen atoms in total. The number of hydrogen-bond donors (Lipinski definition) is 0. The van der Waals surface area contributed by atoms with Gasteiger partial charge in [-0.25, -0.2) is 9.97 Å². The molecule has 1 atom stereocenters. The molecule has 0 spiro atoms. The van der Waals surface area contributed by atoms with E-state index in [0.29, 0.717) is 12.1 Å². The van der Waals surface area contributed by atoms with Gasteiger partial charge >= 0.3 is 0 Å². The number of aromatic nitrogens is 2. The molecule has 1 fully saturated rings. The number of carbonyl (C=O) groups is 1. The molecule has 3 heterocycles. The second kappa shape index (κ2) is 7.12. The molecule has 0 unspecified atom stereocenters. The van der Waals surface area contributed by atoms with E-state index in [4.69, 9.17) is 4.42 Å². The van der Waals surface area contributed by atoms with Crippen LogP contribution in [0.25, 0.3) is 11.1 Å². The Morgan fingerprint density at radius 3 is 2.85 bits per heavy atom. The average Bonchev–Trinajstić information content (AvgIpc) is 3.23. The lowest BCUT2D eigenvalue weighted by molar-refractivity contribution is 0.0705. The summed E-state index contributed by atoms with van der Waals surface area (Å²) in [5.74, 6) is 0.230. The lowest BCUT2D eigenvalue weighted by atomic mass is 9.89. The average molecular weight is 347 g/mol. The summed E-state index contributed by atoms with van der Waals surface area (Å²) in [5, 5.41) is 0. The Morgan fingerprint density at radius 2 is 2.08 bits per heavy atom. The van der Waals surface area contributed by atoms with Crippen molar-refractivity contribution in [2.75, 3.05) is 13.1 Å². The van der Waals surface area contributed by atoms with Crippen LogP contribution in [-0.2, 0) is 0 Å². The van der Waals surface area contributed by atoms with E-state index in [1.54, 1.807) is 12.4 Å². The van der Waals surface area contributed by atoms with Crippen molar-refractivity contribution in [1.82, 2.24) is 14.9 Å². The summed E-state index contributed by atoms with van der Waals surface area (Å²) >= 11 is 0. The normalized spacial score (nSPS) is 17.3. The van der Waals surface area contributed by atoms with E-state index >= 15 is 0 Å². The van der Waals surface area contributed by atoms with Crippen molar-refractivity contribution in [2.45, 2.75) is 25.7 Å².